The number of benzene rings is 1. The summed E-state index contributed by atoms with van der Waals surface area (Å²) in [6.45, 7) is 5.97. The van der Waals surface area contributed by atoms with Gasteiger partial charge in [0.25, 0.3) is 10.0 Å². The monoisotopic (exact) mass is 440 g/mol. The van der Waals surface area contributed by atoms with Crippen LogP contribution >= 0.6 is 11.8 Å². The molecule has 0 aromatic heterocycles. The van der Waals surface area contributed by atoms with Gasteiger partial charge in [0, 0.05) is 11.3 Å². The molecule has 156 valence electrons. The molecule has 1 aromatic rings. The molecule has 0 spiro atoms. The van der Waals surface area contributed by atoms with E-state index in [2.05, 4.69) is 10.5 Å². The van der Waals surface area contributed by atoms with Crippen molar-refractivity contribution in [3.63, 3.8) is 0 Å². The lowest BCUT2D eigenvalue weighted by atomic mass is 9.70. The molecule has 1 aliphatic heterocycles. The summed E-state index contributed by atoms with van der Waals surface area (Å²) in [4.78, 5) is 13.4. The molecule has 2 unspecified atom stereocenters. The summed E-state index contributed by atoms with van der Waals surface area (Å²) < 4.78 is 30.0. The molecule has 2 bridgehead atoms. The minimum absolute atomic E-state index is 0.0639. The molecule has 0 amide bonds. The number of fused-ring (bicyclic) bond motifs is 2. The molecule has 30 heavy (non-hydrogen) atoms. The third-order valence-electron chi connectivity index (χ3n) is 7.16. The number of sulfonamides is 1. The van der Waals surface area contributed by atoms with Crippen LogP contribution in [-0.4, -0.2) is 25.0 Å². The van der Waals surface area contributed by atoms with Crippen LogP contribution in [0.25, 0.3) is 5.57 Å². The molecule has 0 radical (unpaired) electrons. The Balaban J connectivity index is 1.61. The number of Topliss-reactive ketones (excluding diaryl/α,β-unsaturated/α-hetero) is 1. The van der Waals surface area contributed by atoms with Crippen molar-refractivity contribution in [2.24, 2.45) is 21.1 Å². The normalized spacial score (nSPS) is 30.1. The standard InChI is InChI=1S/C23H24N2O3S2/c1-15-6-4-5-7-17(15)18(13-24)19-8-9-21(29-19)25-30(27,28)14-23-11-10-16(12-20(23)26)22(23,2)3/h4-9,16H,10-12,14H2,1-3H3. The third-order valence-corrected chi connectivity index (χ3v) is 9.61. The van der Waals surface area contributed by atoms with Crippen molar-refractivity contribution >= 4 is 38.2 Å². The fourth-order valence-electron chi connectivity index (χ4n) is 5.20. The van der Waals surface area contributed by atoms with Crippen LogP contribution in [0.2, 0.25) is 0 Å². The van der Waals surface area contributed by atoms with E-state index in [1.165, 1.54) is 11.8 Å². The van der Waals surface area contributed by atoms with Gasteiger partial charge in [0.1, 0.15) is 16.9 Å². The second-order valence-corrected chi connectivity index (χ2v) is 11.6. The molecule has 5 nitrogen and oxygen atoms in total. The van der Waals surface area contributed by atoms with Gasteiger partial charge in [-0.3, -0.25) is 4.79 Å². The summed E-state index contributed by atoms with van der Waals surface area (Å²) in [5.41, 5.74) is 1.16. The largest absolute Gasteiger partial charge is 0.299 e. The van der Waals surface area contributed by atoms with E-state index in [4.69, 9.17) is 0 Å². The Bertz CT molecular complexity index is 1170. The van der Waals surface area contributed by atoms with E-state index in [0.29, 0.717) is 28.4 Å². The van der Waals surface area contributed by atoms with Gasteiger partial charge in [-0.15, -0.1) is 0 Å². The number of nitrogens with zero attached hydrogens (tertiary/aromatic N) is 2. The number of thioether (sulfide) groups is 1. The molecular weight excluding hydrogens is 416 g/mol. The predicted octanol–water partition coefficient (Wildman–Crippen LogP) is 4.66. The number of nitriles is 1. The van der Waals surface area contributed by atoms with Gasteiger partial charge >= 0.3 is 0 Å². The Morgan fingerprint density at radius 3 is 2.63 bits per heavy atom. The molecule has 2 aliphatic carbocycles. The van der Waals surface area contributed by atoms with E-state index in [0.717, 1.165) is 17.5 Å². The highest BCUT2D eigenvalue weighted by molar-refractivity contribution is 8.18. The van der Waals surface area contributed by atoms with Crippen LogP contribution in [0.4, 0.5) is 0 Å². The smallest absolute Gasteiger partial charge is 0.255 e. The molecule has 2 saturated carbocycles. The van der Waals surface area contributed by atoms with Crippen molar-refractivity contribution in [1.29, 1.82) is 5.26 Å². The number of carbonyl (C=O) groups is 1. The summed E-state index contributed by atoms with van der Waals surface area (Å²) in [5.74, 6) is 0.0897. The quantitative estimate of drug-likeness (QED) is 0.636. The lowest BCUT2D eigenvalue weighted by molar-refractivity contribution is -0.128. The summed E-state index contributed by atoms with van der Waals surface area (Å²) in [5, 5.41) is 10.0. The van der Waals surface area contributed by atoms with E-state index in [1.807, 2.05) is 45.0 Å². The van der Waals surface area contributed by atoms with Crippen molar-refractivity contribution in [2.75, 3.05) is 5.75 Å². The fourth-order valence-corrected chi connectivity index (χ4v) is 8.15. The maximum atomic E-state index is 13.0. The molecule has 4 rings (SSSR count). The number of allylic oxidation sites excluding steroid dienone is 2. The maximum Gasteiger partial charge on any atom is 0.255 e. The predicted molar refractivity (Wildman–Crippen MR) is 120 cm³/mol. The van der Waals surface area contributed by atoms with Crippen LogP contribution in [0, 0.1) is 35.0 Å². The van der Waals surface area contributed by atoms with Crippen LogP contribution in [0.5, 0.6) is 0 Å². The average Bonchev–Trinajstić information content (AvgIpc) is 3.26. The van der Waals surface area contributed by atoms with Gasteiger partial charge in [0.05, 0.1) is 16.7 Å². The number of ketones is 1. The number of aryl methyl sites for hydroxylation is 1. The maximum absolute atomic E-state index is 13.0. The number of hydrogen-bond donors (Lipinski definition) is 0. The molecule has 3 aliphatic rings. The van der Waals surface area contributed by atoms with Gasteiger partial charge in [-0.05, 0) is 54.4 Å². The Morgan fingerprint density at radius 2 is 2.03 bits per heavy atom. The second-order valence-electron chi connectivity index (χ2n) is 8.92. The SMILES string of the molecule is Cc1ccccc1C(C#N)=C1C=CC(=NS(=O)(=O)CC23CCC(CC2=O)C3(C)C)S1. The van der Waals surface area contributed by atoms with Crippen LogP contribution < -0.4 is 0 Å². The zero-order chi connectivity index (χ0) is 21.7. The van der Waals surface area contributed by atoms with Gasteiger partial charge in [0.15, 0.2) is 0 Å². The summed E-state index contributed by atoms with van der Waals surface area (Å²) in [7, 11) is -3.84. The lowest BCUT2D eigenvalue weighted by Gasteiger charge is -2.35. The van der Waals surface area contributed by atoms with E-state index in [-0.39, 0.29) is 22.9 Å². The molecule has 0 saturated heterocycles. The van der Waals surface area contributed by atoms with Crippen LogP contribution in [0.1, 0.15) is 44.2 Å². The minimum Gasteiger partial charge on any atom is -0.299 e. The van der Waals surface area contributed by atoms with Gasteiger partial charge in [-0.2, -0.15) is 9.66 Å². The Kier molecular flexibility index (Phi) is 5.06. The number of carbonyl (C=O) groups excluding carboxylic acids is 1. The zero-order valence-electron chi connectivity index (χ0n) is 17.3. The highest BCUT2D eigenvalue weighted by Gasteiger charge is 2.65. The third kappa shape index (κ3) is 3.27. The van der Waals surface area contributed by atoms with Crippen molar-refractivity contribution in [3.8, 4) is 6.07 Å². The van der Waals surface area contributed by atoms with Crippen molar-refractivity contribution in [1.82, 2.24) is 0 Å². The van der Waals surface area contributed by atoms with Crippen LogP contribution in [0.15, 0.2) is 45.7 Å². The minimum atomic E-state index is -3.84. The Hall–Kier alpha value is -2.17. The van der Waals surface area contributed by atoms with E-state index < -0.39 is 15.4 Å². The molecule has 2 atom stereocenters. The van der Waals surface area contributed by atoms with Gasteiger partial charge in [-0.1, -0.05) is 49.9 Å². The van der Waals surface area contributed by atoms with Crippen molar-refractivity contribution in [3.05, 3.63) is 52.4 Å². The summed E-state index contributed by atoms with van der Waals surface area (Å²) in [6, 6.07) is 9.84. The van der Waals surface area contributed by atoms with Crippen molar-refractivity contribution < 1.29 is 13.2 Å². The number of rotatable bonds is 4. The first-order valence-electron chi connectivity index (χ1n) is 10.0. The molecule has 2 fully saturated rings. The van der Waals surface area contributed by atoms with Gasteiger partial charge in [0.2, 0.25) is 0 Å². The Morgan fingerprint density at radius 1 is 1.30 bits per heavy atom. The highest BCUT2D eigenvalue weighted by atomic mass is 32.2. The molecular formula is C23H24N2O3S2. The Labute approximate surface area is 182 Å². The zero-order valence-corrected chi connectivity index (χ0v) is 18.9. The first-order valence-corrected chi connectivity index (χ1v) is 12.4. The van der Waals surface area contributed by atoms with Gasteiger partial charge in [-0.25, -0.2) is 8.42 Å². The first kappa shape index (κ1) is 21.1. The first-order chi connectivity index (χ1) is 14.1. The topological polar surface area (TPSA) is 87.4 Å². The van der Waals surface area contributed by atoms with E-state index in [1.54, 1.807) is 12.2 Å². The summed E-state index contributed by atoms with van der Waals surface area (Å²) in [6.07, 6.45) is 5.35. The molecule has 1 heterocycles. The van der Waals surface area contributed by atoms with Crippen LogP contribution in [-0.2, 0) is 14.8 Å². The van der Waals surface area contributed by atoms with E-state index >= 15 is 0 Å². The fraction of sp³-hybridized carbons (Fsp3) is 0.435. The average molecular weight is 441 g/mol. The second kappa shape index (κ2) is 7.21. The van der Waals surface area contributed by atoms with E-state index in [9.17, 15) is 18.5 Å². The molecule has 1 aromatic carbocycles. The van der Waals surface area contributed by atoms with Gasteiger partial charge < -0.3 is 0 Å². The molecule has 7 heteroatoms. The summed E-state index contributed by atoms with van der Waals surface area (Å²) >= 11 is 1.18. The number of hydrogen-bond acceptors (Lipinski definition) is 5. The van der Waals surface area contributed by atoms with Crippen molar-refractivity contribution in [2.45, 2.75) is 40.0 Å². The highest BCUT2D eigenvalue weighted by Crippen LogP contribution is 2.64. The molecule has 0 N–H and O–H groups in total. The van der Waals surface area contributed by atoms with Crippen LogP contribution in [0.3, 0.4) is 0 Å². The lowest BCUT2D eigenvalue weighted by Crippen LogP contribution is -2.41.